The lowest BCUT2D eigenvalue weighted by atomic mass is 10.1. The molecule has 2 aromatic carbocycles. The number of ether oxygens (including phenoxy) is 2. The van der Waals surface area contributed by atoms with Crippen molar-refractivity contribution in [1.82, 2.24) is 4.90 Å². The van der Waals surface area contributed by atoms with E-state index >= 15 is 0 Å². The van der Waals surface area contributed by atoms with Crippen LogP contribution in [-0.2, 0) is 16.1 Å². The molecule has 5 nitrogen and oxygen atoms in total. The van der Waals surface area contributed by atoms with Crippen LogP contribution in [0.5, 0.6) is 5.75 Å². The number of esters is 1. The van der Waals surface area contributed by atoms with E-state index in [-0.39, 0.29) is 23.7 Å². The molecular weight excluding hydrogens is 397 g/mol. The van der Waals surface area contributed by atoms with Gasteiger partial charge in [-0.1, -0.05) is 18.2 Å². The van der Waals surface area contributed by atoms with Crippen LogP contribution in [0.1, 0.15) is 62.4 Å². The molecule has 168 valence electrons. The number of hydrogen-bond acceptors (Lipinski definition) is 4. The zero-order valence-corrected chi connectivity index (χ0v) is 18.6. The summed E-state index contributed by atoms with van der Waals surface area (Å²) in [6, 6.07) is 13.2. The molecule has 6 heteroatoms. The highest BCUT2D eigenvalue weighted by Crippen LogP contribution is 2.23. The summed E-state index contributed by atoms with van der Waals surface area (Å²) in [7, 11) is 0. The summed E-state index contributed by atoms with van der Waals surface area (Å²) in [4.78, 5) is 26.1. The Balaban J connectivity index is 1.94. The van der Waals surface area contributed by atoms with Gasteiger partial charge in [0.05, 0.1) is 13.2 Å². The molecule has 2 rings (SSSR count). The van der Waals surface area contributed by atoms with E-state index in [4.69, 9.17) is 9.47 Å². The maximum absolute atomic E-state index is 13.2. The van der Waals surface area contributed by atoms with Crippen molar-refractivity contribution in [2.45, 2.75) is 59.0 Å². The van der Waals surface area contributed by atoms with E-state index in [1.165, 1.54) is 24.3 Å². The highest BCUT2D eigenvalue weighted by Gasteiger charge is 2.20. The molecule has 0 unspecified atom stereocenters. The van der Waals surface area contributed by atoms with E-state index in [9.17, 15) is 14.0 Å². The average Bonchev–Trinajstić information content (AvgIpc) is 2.75. The third-order valence-electron chi connectivity index (χ3n) is 4.88. The van der Waals surface area contributed by atoms with Crippen molar-refractivity contribution in [3.05, 3.63) is 65.5 Å². The minimum absolute atomic E-state index is 0.0338. The highest BCUT2D eigenvalue weighted by atomic mass is 19.1. The van der Waals surface area contributed by atoms with Gasteiger partial charge in [-0.15, -0.1) is 0 Å². The van der Waals surface area contributed by atoms with E-state index in [2.05, 4.69) is 0 Å². The first-order valence-corrected chi connectivity index (χ1v) is 10.8. The second-order valence-corrected chi connectivity index (χ2v) is 7.61. The summed E-state index contributed by atoms with van der Waals surface area (Å²) in [6.45, 7) is 7.05. The van der Waals surface area contributed by atoms with Gasteiger partial charge in [0.2, 0.25) is 0 Å². The molecule has 0 saturated carbocycles. The van der Waals surface area contributed by atoms with E-state index in [0.717, 1.165) is 30.6 Å². The molecule has 0 fully saturated rings. The van der Waals surface area contributed by atoms with Gasteiger partial charge in [-0.05, 0) is 70.4 Å². The van der Waals surface area contributed by atoms with Crippen LogP contribution in [0, 0.1) is 5.82 Å². The number of amides is 1. The van der Waals surface area contributed by atoms with Crippen molar-refractivity contribution in [2.24, 2.45) is 0 Å². The van der Waals surface area contributed by atoms with Gasteiger partial charge >= 0.3 is 5.97 Å². The Morgan fingerprint density at radius 2 is 1.71 bits per heavy atom. The second-order valence-electron chi connectivity index (χ2n) is 7.61. The van der Waals surface area contributed by atoms with Gasteiger partial charge in [0.15, 0.2) is 0 Å². The fraction of sp³-hybridized carbons (Fsp3) is 0.440. The number of unbranched alkanes of at least 4 members (excludes halogenated alkanes) is 2. The zero-order chi connectivity index (χ0) is 22.6. The number of carbonyl (C=O) groups excluding carboxylic acids is 2. The first-order chi connectivity index (χ1) is 14.9. The molecule has 0 aliphatic carbocycles. The Kier molecular flexibility index (Phi) is 10.0. The molecule has 0 aliphatic heterocycles. The lowest BCUT2D eigenvalue weighted by Crippen LogP contribution is -2.36. The van der Waals surface area contributed by atoms with Crippen molar-refractivity contribution < 1.29 is 23.5 Å². The SMILES string of the molecule is CCOC(=O)CCCCCOc1ccccc1CN(C(=O)c1ccc(F)cc1)C(C)C. The summed E-state index contributed by atoms with van der Waals surface area (Å²) in [6.07, 6.45) is 2.91. The molecular formula is C25H32FNO4. The van der Waals surface area contributed by atoms with Crippen LogP contribution in [0.2, 0.25) is 0 Å². The Bertz CT molecular complexity index is 836. The number of carbonyl (C=O) groups is 2. The van der Waals surface area contributed by atoms with E-state index in [0.29, 0.717) is 31.7 Å². The molecule has 2 aromatic rings. The first kappa shape index (κ1) is 24.4. The lowest BCUT2D eigenvalue weighted by molar-refractivity contribution is -0.143. The monoisotopic (exact) mass is 429 g/mol. The second kappa shape index (κ2) is 12.7. The Labute approximate surface area is 184 Å². The number of hydrogen-bond donors (Lipinski definition) is 0. The number of rotatable bonds is 12. The number of halogens is 1. The zero-order valence-electron chi connectivity index (χ0n) is 18.6. The summed E-state index contributed by atoms with van der Waals surface area (Å²) in [5, 5.41) is 0. The normalized spacial score (nSPS) is 10.7. The van der Waals surface area contributed by atoms with Crippen LogP contribution in [0.3, 0.4) is 0 Å². The van der Waals surface area contributed by atoms with Gasteiger partial charge in [-0.25, -0.2) is 4.39 Å². The Morgan fingerprint density at radius 1 is 1.00 bits per heavy atom. The fourth-order valence-corrected chi connectivity index (χ4v) is 3.17. The Morgan fingerprint density at radius 3 is 2.39 bits per heavy atom. The third kappa shape index (κ3) is 8.04. The van der Waals surface area contributed by atoms with E-state index in [1.807, 2.05) is 38.1 Å². The molecule has 31 heavy (non-hydrogen) atoms. The largest absolute Gasteiger partial charge is 0.493 e. The number of benzene rings is 2. The van der Waals surface area contributed by atoms with Crippen LogP contribution in [-0.4, -0.2) is 36.0 Å². The average molecular weight is 430 g/mol. The fourth-order valence-electron chi connectivity index (χ4n) is 3.17. The van der Waals surface area contributed by atoms with Crippen molar-refractivity contribution in [3.8, 4) is 5.75 Å². The van der Waals surface area contributed by atoms with Crippen molar-refractivity contribution in [2.75, 3.05) is 13.2 Å². The van der Waals surface area contributed by atoms with Gasteiger partial charge in [-0.2, -0.15) is 0 Å². The van der Waals surface area contributed by atoms with Crippen LogP contribution in [0.15, 0.2) is 48.5 Å². The van der Waals surface area contributed by atoms with Gasteiger partial charge in [0.25, 0.3) is 5.91 Å². The highest BCUT2D eigenvalue weighted by molar-refractivity contribution is 5.94. The maximum atomic E-state index is 13.2. The quantitative estimate of drug-likeness (QED) is 0.336. The van der Waals surface area contributed by atoms with E-state index in [1.54, 1.807) is 11.8 Å². The predicted octanol–water partition coefficient (Wildman–Crippen LogP) is 5.38. The summed E-state index contributed by atoms with van der Waals surface area (Å²) >= 11 is 0. The number of nitrogens with zero attached hydrogens (tertiary/aromatic N) is 1. The van der Waals surface area contributed by atoms with Crippen LogP contribution in [0.25, 0.3) is 0 Å². The minimum Gasteiger partial charge on any atom is -0.493 e. The molecule has 0 saturated heterocycles. The molecule has 0 aromatic heterocycles. The number of para-hydroxylation sites is 1. The molecule has 0 aliphatic rings. The van der Waals surface area contributed by atoms with Crippen LogP contribution >= 0.6 is 0 Å². The van der Waals surface area contributed by atoms with Gasteiger partial charge in [0, 0.05) is 30.1 Å². The Hall–Kier alpha value is -2.89. The summed E-state index contributed by atoms with van der Waals surface area (Å²) < 4.78 is 24.1. The van der Waals surface area contributed by atoms with Gasteiger partial charge < -0.3 is 14.4 Å². The molecule has 0 bridgehead atoms. The first-order valence-electron chi connectivity index (χ1n) is 10.8. The predicted molar refractivity (Wildman–Crippen MR) is 118 cm³/mol. The third-order valence-corrected chi connectivity index (χ3v) is 4.88. The van der Waals surface area contributed by atoms with Crippen molar-refractivity contribution in [1.29, 1.82) is 0 Å². The molecule has 0 spiro atoms. The molecule has 1 amide bonds. The van der Waals surface area contributed by atoms with Crippen molar-refractivity contribution in [3.63, 3.8) is 0 Å². The lowest BCUT2D eigenvalue weighted by Gasteiger charge is -2.28. The molecule has 0 radical (unpaired) electrons. The topological polar surface area (TPSA) is 55.8 Å². The molecule has 0 N–H and O–H groups in total. The van der Waals surface area contributed by atoms with Gasteiger partial charge in [0.1, 0.15) is 11.6 Å². The summed E-state index contributed by atoms with van der Waals surface area (Å²) in [5.74, 6) is 0.0660. The molecule has 0 heterocycles. The van der Waals surface area contributed by atoms with Crippen LogP contribution in [0.4, 0.5) is 4.39 Å². The maximum Gasteiger partial charge on any atom is 0.305 e. The standard InChI is InChI=1S/C25H32FNO4/c1-4-30-24(28)12-6-5-9-17-31-23-11-8-7-10-21(23)18-27(19(2)3)25(29)20-13-15-22(26)16-14-20/h7-8,10-11,13-16,19H,4-6,9,12,17-18H2,1-3H3. The van der Waals surface area contributed by atoms with Crippen LogP contribution < -0.4 is 4.74 Å². The minimum atomic E-state index is -0.367. The molecule has 0 atom stereocenters. The smallest absolute Gasteiger partial charge is 0.305 e. The van der Waals surface area contributed by atoms with E-state index < -0.39 is 0 Å². The van der Waals surface area contributed by atoms with Crippen molar-refractivity contribution >= 4 is 11.9 Å². The van der Waals surface area contributed by atoms with Gasteiger partial charge in [-0.3, -0.25) is 9.59 Å². The summed E-state index contributed by atoms with van der Waals surface area (Å²) in [5.41, 5.74) is 1.37.